The number of amides is 3. The van der Waals surface area contributed by atoms with E-state index in [1.54, 1.807) is 0 Å². The molecule has 0 aliphatic carbocycles. The number of hydrogen-bond acceptors (Lipinski definition) is 2. The Balaban J connectivity index is 1.93. The zero-order chi connectivity index (χ0) is 16.3. The summed E-state index contributed by atoms with van der Waals surface area (Å²) in [6.45, 7) is 9.26. The highest BCUT2D eigenvalue weighted by atomic mass is 16.2. The first-order valence-corrected chi connectivity index (χ1v) is 7.80. The van der Waals surface area contributed by atoms with E-state index in [0.717, 1.165) is 19.5 Å². The van der Waals surface area contributed by atoms with E-state index in [0.29, 0.717) is 0 Å². The molecule has 0 bridgehead atoms. The lowest BCUT2D eigenvalue weighted by Gasteiger charge is -2.30. The van der Waals surface area contributed by atoms with Crippen LogP contribution in [0.15, 0.2) is 24.3 Å². The second kappa shape index (κ2) is 6.48. The van der Waals surface area contributed by atoms with Gasteiger partial charge in [-0.2, -0.15) is 0 Å². The molecule has 2 atom stereocenters. The van der Waals surface area contributed by atoms with Gasteiger partial charge in [-0.25, -0.2) is 4.79 Å². The van der Waals surface area contributed by atoms with Crippen LogP contribution in [0.5, 0.6) is 0 Å². The first kappa shape index (κ1) is 16.5. The van der Waals surface area contributed by atoms with Gasteiger partial charge < -0.3 is 10.2 Å². The molecule has 2 rings (SSSR count). The van der Waals surface area contributed by atoms with Crippen LogP contribution >= 0.6 is 0 Å². The molecule has 1 aromatic carbocycles. The quantitative estimate of drug-likeness (QED) is 0.751. The Hall–Kier alpha value is -1.88. The topological polar surface area (TPSA) is 62.6 Å². The van der Waals surface area contributed by atoms with Crippen LogP contribution in [0, 0.1) is 0 Å². The summed E-state index contributed by atoms with van der Waals surface area (Å²) in [5.41, 5.74) is 2.30. The number of hydrogen-bond donors (Lipinski definition) is 3. The molecule has 0 saturated heterocycles. The Kier molecular flexibility index (Phi) is 4.86. The van der Waals surface area contributed by atoms with Gasteiger partial charge in [0.2, 0.25) is 0 Å². The number of quaternary nitrogens is 1. The molecule has 1 unspecified atom stereocenters. The van der Waals surface area contributed by atoms with E-state index >= 15 is 0 Å². The Bertz CT molecular complexity index is 563. The van der Waals surface area contributed by atoms with Crippen molar-refractivity contribution in [2.24, 2.45) is 0 Å². The lowest BCUT2D eigenvalue weighted by molar-refractivity contribution is -0.929. The van der Waals surface area contributed by atoms with Crippen LogP contribution in [-0.2, 0) is 17.8 Å². The molecule has 1 aliphatic rings. The van der Waals surface area contributed by atoms with E-state index in [2.05, 4.69) is 28.8 Å². The molecule has 1 heterocycles. The molecule has 0 aromatic heterocycles. The monoisotopic (exact) mass is 304 g/mol. The molecule has 120 valence electrons. The van der Waals surface area contributed by atoms with Gasteiger partial charge in [-0.3, -0.25) is 10.1 Å². The van der Waals surface area contributed by atoms with Crippen molar-refractivity contribution in [3.8, 4) is 0 Å². The van der Waals surface area contributed by atoms with Crippen LogP contribution in [0.1, 0.15) is 38.8 Å². The molecule has 5 nitrogen and oxygen atoms in total. The summed E-state index contributed by atoms with van der Waals surface area (Å²) in [5.74, 6) is -0.226. The Morgan fingerprint density at radius 2 is 1.82 bits per heavy atom. The van der Waals surface area contributed by atoms with Crippen molar-refractivity contribution in [2.45, 2.75) is 52.2 Å². The lowest BCUT2D eigenvalue weighted by Crippen LogP contribution is -3.16. The molecule has 0 saturated carbocycles. The number of rotatable bonds is 2. The number of imide groups is 1. The largest absolute Gasteiger partial charge is 0.333 e. The minimum absolute atomic E-state index is 0.226. The van der Waals surface area contributed by atoms with Gasteiger partial charge in [0.1, 0.15) is 6.54 Å². The van der Waals surface area contributed by atoms with Crippen molar-refractivity contribution < 1.29 is 14.5 Å². The number of urea groups is 1. The predicted molar refractivity (Wildman–Crippen MR) is 85.6 cm³/mol. The third kappa shape index (κ3) is 4.31. The van der Waals surface area contributed by atoms with Gasteiger partial charge >= 0.3 is 6.03 Å². The fourth-order valence-electron chi connectivity index (χ4n) is 2.75. The molecule has 3 amide bonds. The molecular weight excluding hydrogens is 278 g/mol. The molecule has 22 heavy (non-hydrogen) atoms. The van der Waals surface area contributed by atoms with E-state index in [-0.39, 0.29) is 17.5 Å². The van der Waals surface area contributed by atoms with E-state index in [1.807, 2.05) is 33.8 Å². The zero-order valence-corrected chi connectivity index (χ0v) is 13.8. The van der Waals surface area contributed by atoms with Gasteiger partial charge in [-0.1, -0.05) is 24.3 Å². The van der Waals surface area contributed by atoms with Crippen molar-refractivity contribution in [1.82, 2.24) is 10.6 Å². The maximum Gasteiger partial charge on any atom is 0.322 e. The Morgan fingerprint density at radius 3 is 2.45 bits per heavy atom. The molecule has 5 heteroatoms. The second-order valence-corrected chi connectivity index (χ2v) is 7.02. The van der Waals surface area contributed by atoms with Crippen LogP contribution in [-0.4, -0.2) is 30.1 Å². The Labute approximate surface area is 132 Å². The minimum Gasteiger partial charge on any atom is -0.333 e. The van der Waals surface area contributed by atoms with Gasteiger partial charge in [0.25, 0.3) is 5.91 Å². The van der Waals surface area contributed by atoms with Crippen LogP contribution in [0.3, 0.4) is 0 Å². The minimum atomic E-state index is -0.429. The number of nitrogens with one attached hydrogen (secondary N) is 3. The number of fused-ring (bicyclic) bond motifs is 1. The number of carbonyl (C=O) groups is 2. The SMILES string of the molecule is C[C@@H](C(=O)NC(=O)NC(C)(C)C)[NH+]1CCc2ccccc2C1. The lowest BCUT2D eigenvalue weighted by atomic mass is 9.99. The molecule has 3 N–H and O–H groups in total. The Morgan fingerprint density at radius 1 is 1.18 bits per heavy atom. The smallest absolute Gasteiger partial charge is 0.322 e. The highest BCUT2D eigenvalue weighted by Gasteiger charge is 2.30. The fraction of sp³-hybridized carbons (Fsp3) is 0.529. The third-order valence-corrected chi connectivity index (χ3v) is 3.98. The van der Waals surface area contributed by atoms with E-state index < -0.39 is 6.03 Å². The van der Waals surface area contributed by atoms with Gasteiger partial charge in [-0.15, -0.1) is 0 Å². The van der Waals surface area contributed by atoms with Crippen molar-refractivity contribution in [3.05, 3.63) is 35.4 Å². The maximum absolute atomic E-state index is 12.3. The molecule has 0 spiro atoms. The third-order valence-electron chi connectivity index (χ3n) is 3.98. The van der Waals surface area contributed by atoms with Gasteiger partial charge in [0.15, 0.2) is 6.04 Å². The van der Waals surface area contributed by atoms with E-state index in [9.17, 15) is 9.59 Å². The standard InChI is InChI=1S/C17H25N3O2/c1-12(15(21)18-16(22)19-17(2,3)4)20-10-9-13-7-5-6-8-14(13)11-20/h5-8,12H,9-11H2,1-4H3,(H2,18,19,21,22)/p+1/t12-/m0/s1. The number of benzene rings is 1. The fourth-order valence-corrected chi connectivity index (χ4v) is 2.75. The molecular formula is C17H26N3O2+. The van der Waals surface area contributed by atoms with E-state index in [1.165, 1.54) is 16.0 Å². The van der Waals surface area contributed by atoms with Crippen molar-refractivity contribution in [3.63, 3.8) is 0 Å². The zero-order valence-electron chi connectivity index (χ0n) is 13.8. The molecule has 0 fully saturated rings. The summed E-state index contributed by atoms with van der Waals surface area (Å²) in [4.78, 5) is 25.3. The van der Waals surface area contributed by atoms with Gasteiger partial charge in [0.05, 0.1) is 6.54 Å². The normalized spacial score (nSPS) is 19.0. The molecule has 1 aromatic rings. The van der Waals surface area contributed by atoms with E-state index in [4.69, 9.17) is 0 Å². The van der Waals surface area contributed by atoms with Gasteiger partial charge in [-0.05, 0) is 33.3 Å². The van der Waals surface area contributed by atoms with Crippen LogP contribution in [0.25, 0.3) is 0 Å². The van der Waals surface area contributed by atoms with Crippen LogP contribution in [0.2, 0.25) is 0 Å². The second-order valence-electron chi connectivity index (χ2n) is 7.02. The highest BCUT2D eigenvalue weighted by Crippen LogP contribution is 2.10. The summed E-state index contributed by atoms with van der Waals surface area (Å²) >= 11 is 0. The number of carbonyl (C=O) groups excluding carboxylic acids is 2. The summed E-state index contributed by atoms with van der Waals surface area (Å²) in [6, 6.07) is 7.67. The summed E-state index contributed by atoms with van der Waals surface area (Å²) in [6.07, 6.45) is 0.970. The summed E-state index contributed by atoms with van der Waals surface area (Å²) in [7, 11) is 0. The van der Waals surface area contributed by atoms with Crippen LogP contribution < -0.4 is 15.5 Å². The average molecular weight is 304 g/mol. The first-order chi connectivity index (χ1) is 10.3. The first-order valence-electron chi connectivity index (χ1n) is 7.80. The average Bonchev–Trinajstić information content (AvgIpc) is 2.43. The summed E-state index contributed by atoms with van der Waals surface area (Å²) < 4.78 is 0. The van der Waals surface area contributed by atoms with Crippen LogP contribution in [0.4, 0.5) is 4.79 Å². The summed E-state index contributed by atoms with van der Waals surface area (Å²) in [5, 5.41) is 5.19. The van der Waals surface area contributed by atoms with Crippen molar-refractivity contribution in [1.29, 1.82) is 0 Å². The van der Waals surface area contributed by atoms with Crippen molar-refractivity contribution in [2.75, 3.05) is 6.54 Å². The van der Waals surface area contributed by atoms with Crippen molar-refractivity contribution >= 4 is 11.9 Å². The maximum atomic E-state index is 12.3. The molecule has 0 radical (unpaired) electrons. The molecule has 1 aliphatic heterocycles. The highest BCUT2D eigenvalue weighted by molar-refractivity contribution is 5.96. The van der Waals surface area contributed by atoms with Gasteiger partial charge in [0, 0.05) is 17.5 Å². The predicted octanol–water partition coefficient (Wildman–Crippen LogP) is 0.640.